The van der Waals surface area contributed by atoms with E-state index < -0.39 is 36.1 Å². The lowest BCUT2D eigenvalue weighted by atomic mass is 10.0. The lowest BCUT2D eigenvalue weighted by Crippen LogP contribution is -2.61. The average Bonchev–Trinajstić information content (AvgIpc) is 2.90. The molecular weight excluding hydrogens is 486 g/mol. The Morgan fingerprint density at radius 2 is 1.82 bits per heavy atom. The Morgan fingerprint density at radius 1 is 1.05 bits per heavy atom. The highest BCUT2D eigenvalue weighted by Crippen LogP contribution is 2.22. The van der Waals surface area contributed by atoms with Gasteiger partial charge in [0, 0.05) is 18.4 Å². The highest BCUT2D eigenvalue weighted by molar-refractivity contribution is 5.92. The van der Waals surface area contributed by atoms with Gasteiger partial charge in [0.05, 0.1) is 11.2 Å². The number of cyclic esters (lactones) is 1. The quantitative estimate of drug-likeness (QED) is 0.492. The first-order valence-electron chi connectivity index (χ1n) is 13.1. The highest BCUT2D eigenvalue weighted by Gasteiger charge is 2.33. The molecule has 2 aliphatic heterocycles. The maximum absolute atomic E-state index is 13.1. The van der Waals surface area contributed by atoms with E-state index >= 15 is 0 Å². The van der Waals surface area contributed by atoms with Gasteiger partial charge in [-0.05, 0) is 50.3 Å². The summed E-state index contributed by atoms with van der Waals surface area (Å²) in [6.45, 7) is 7.39. The molecule has 1 fully saturated rings. The van der Waals surface area contributed by atoms with Gasteiger partial charge in [0.2, 0.25) is 11.8 Å². The zero-order chi connectivity index (χ0) is 27.4. The number of nitrogens with zero attached hydrogens (tertiary/aromatic N) is 2. The molecule has 1 aromatic carbocycles. The number of aromatic nitrogens is 1. The molecule has 10 nitrogen and oxygen atoms in total. The molecule has 38 heavy (non-hydrogen) atoms. The van der Waals surface area contributed by atoms with Crippen LogP contribution in [0.4, 0.5) is 0 Å². The molecule has 2 aromatic rings. The predicted octanol–water partition coefficient (Wildman–Crippen LogP) is 2.40. The van der Waals surface area contributed by atoms with Crippen molar-refractivity contribution >= 4 is 40.7 Å². The molecular formula is C28H35N5O5. The molecule has 0 aliphatic carbocycles. The molecule has 3 heterocycles. The van der Waals surface area contributed by atoms with Gasteiger partial charge in [0.15, 0.2) is 0 Å². The predicted molar refractivity (Wildman–Crippen MR) is 142 cm³/mol. The van der Waals surface area contributed by atoms with Crippen LogP contribution >= 0.6 is 0 Å². The third-order valence-electron chi connectivity index (χ3n) is 6.79. The molecule has 5 bridgehead atoms. The van der Waals surface area contributed by atoms with Gasteiger partial charge in [-0.3, -0.25) is 24.2 Å². The Bertz CT molecular complexity index is 1260. The fourth-order valence-corrected chi connectivity index (χ4v) is 4.58. The number of ether oxygens (including phenoxy) is 1. The number of esters is 1. The van der Waals surface area contributed by atoms with E-state index in [0.717, 1.165) is 16.5 Å². The van der Waals surface area contributed by atoms with Crippen LogP contribution < -0.4 is 16.1 Å². The Morgan fingerprint density at radius 3 is 2.58 bits per heavy atom. The first-order valence-corrected chi connectivity index (χ1v) is 13.1. The van der Waals surface area contributed by atoms with Crippen molar-refractivity contribution in [2.75, 3.05) is 6.54 Å². The van der Waals surface area contributed by atoms with Crippen molar-refractivity contribution in [1.29, 1.82) is 0 Å². The summed E-state index contributed by atoms with van der Waals surface area (Å²) in [7, 11) is 0. The fraction of sp³-hybridized carbons (Fsp3) is 0.464. The SMILES string of the molecule is CC(C)C1NC(=O)C/C=C/c2ccc3ccc(nc3c2)[C@@H](C)OC(=O)C2CCCN(N2)C(=O)[C@H](C)NC1=O. The molecule has 1 saturated heterocycles. The molecule has 0 spiro atoms. The third-order valence-corrected chi connectivity index (χ3v) is 6.79. The Balaban J connectivity index is 1.64. The van der Waals surface area contributed by atoms with Crippen LogP contribution in [-0.2, 0) is 23.9 Å². The second kappa shape index (κ2) is 11.7. The van der Waals surface area contributed by atoms with Crippen LogP contribution in [0.3, 0.4) is 0 Å². The monoisotopic (exact) mass is 521 g/mol. The summed E-state index contributed by atoms with van der Waals surface area (Å²) in [6, 6.07) is 7.16. The van der Waals surface area contributed by atoms with E-state index in [-0.39, 0.29) is 24.2 Å². The van der Waals surface area contributed by atoms with Crippen LogP contribution in [0.25, 0.3) is 17.0 Å². The van der Waals surface area contributed by atoms with E-state index in [9.17, 15) is 19.2 Å². The zero-order valence-corrected chi connectivity index (χ0v) is 22.2. The maximum atomic E-state index is 13.1. The van der Waals surface area contributed by atoms with Gasteiger partial charge in [-0.25, -0.2) is 10.4 Å². The number of benzene rings is 1. The summed E-state index contributed by atoms with van der Waals surface area (Å²) in [5, 5.41) is 7.79. The summed E-state index contributed by atoms with van der Waals surface area (Å²) in [5.41, 5.74) is 5.17. The van der Waals surface area contributed by atoms with E-state index in [0.29, 0.717) is 25.1 Å². The molecule has 2 aliphatic rings. The second-order valence-corrected chi connectivity index (χ2v) is 10.2. The minimum atomic E-state index is -0.863. The zero-order valence-electron chi connectivity index (χ0n) is 22.2. The van der Waals surface area contributed by atoms with Crippen LogP contribution in [0.5, 0.6) is 0 Å². The van der Waals surface area contributed by atoms with Crippen LogP contribution in [0, 0.1) is 5.92 Å². The van der Waals surface area contributed by atoms with Gasteiger partial charge in [-0.1, -0.05) is 44.2 Å². The normalized spacial score (nSPS) is 26.6. The first-order chi connectivity index (χ1) is 18.1. The van der Waals surface area contributed by atoms with E-state index in [1.165, 1.54) is 5.01 Å². The summed E-state index contributed by atoms with van der Waals surface area (Å²) < 4.78 is 5.72. The molecule has 10 heteroatoms. The summed E-state index contributed by atoms with van der Waals surface area (Å²) in [5.74, 6) is -1.79. The maximum Gasteiger partial charge on any atom is 0.325 e. The van der Waals surface area contributed by atoms with Gasteiger partial charge >= 0.3 is 5.97 Å². The molecule has 4 rings (SSSR count). The molecule has 3 amide bonds. The van der Waals surface area contributed by atoms with Gasteiger partial charge in [0.25, 0.3) is 5.91 Å². The van der Waals surface area contributed by atoms with E-state index in [2.05, 4.69) is 16.1 Å². The topological polar surface area (TPSA) is 130 Å². The number of rotatable bonds is 1. The van der Waals surface area contributed by atoms with Gasteiger partial charge in [-0.15, -0.1) is 0 Å². The average molecular weight is 522 g/mol. The fourth-order valence-electron chi connectivity index (χ4n) is 4.58. The number of hydrogen-bond acceptors (Lipinski definition) is 7. The van der Waals surface area contributed by atoms with Crippen molar-refractivity contribution in [2.45, 2.75) is 71.2 Å². The number of pyridine rings is 1. The van der Waals surface area contributed by atoms with Crippen molar-refractivity contribution in [2.24, 2.45) is 5.92 Å². The first kappa shape index (κ1) is 27.3. The third kappa shape index (κ3) is 6.36. The number of carbonyl (C=O) groups excluding carboxylic acids is 4. The second-order valence-electron chi connectivity index (χ2n) is 10.2. The Kier molecular flexibility index (Phi) is 8.41. The molecule has 202 valence electrons. The van der Waals surface area contributed by atoms with Gasteiger partial charge in [-0.2, -0.15) is 0 Å². The lowest BCUT2D eigenvalue weighted by molar-refractivity contribution is -0.157. The molecule has 1 aromatic heterocycles. The largest absolute Gasteiger partial charge is 0.455 e. The minimum absolute atomic E-state index is 0.0859. The number of fused-ring (bicyclic) bond motifs is 4. The van der Waals surface area contributed by atoms with Crippen molar-refractivity contribution < 1.29 is 23.9 Å². The van der Waals surface area contributed by atoms with Crippen molar-refractivity contribution in [3.8, 4) is 0 Å². The Hall–Kier alpha value is -3.79. The van der Waals surface area contributed by atoms with E-state index in [4.69, 9.17) is 9.72 Å². The number of nitrogens with one attached hydrogen (secondary N) is 3. The number of amides is 3. The summed E-state index contributed by atoms with van der Waals surface area (Å²) in [4.78, 5) is 56.4. The molecule has 4 atom stereocenters. The van der Waals surface area contributed by atoms with Gasteiger partial charge < -0.3 is 15.4 Å². The molecule has 0 radical (unpaired) electrons. The van der Waals surface area contributed by atoms with Gasteiger partial charge in [0.1, 0.15) is 24.2 Å². The molecule has 0 saturated carbocycles. The Labute approximate surface area is 222 Å². The lowest BCUT2D eigenvalue weighted by Gasteiger charge is -2.35. The van der Waals surface area contributed by atoms with Crippen LogP contribution in [0.1, 0.15) is 64.3 Å². The van der Waals surface area contributed by atoms with Crippen molar-refractivity contribution in [3.63, 3.8) is 0 Å². The van der Waals surface area contributed by atoms with Crippen molar-refractivity contribution in [1.82, 2.24) is 26.1 Å². The van der Waals surface area contributed by atoms with Crippen LogP contribution in [0.15, 0.2) is 36.4 Å². The van der Waals surface area contributed by atoms with Crippen LogP contribution in [-0.4, -0.2) is 58.4 Å². The standard InChI is InChI=1S/C28H35N5O5/c1-16(2)25-26(35)29-17(3)27(36)33-14-6-8-22(32-33)28(37)38-18(4)21-13-12-20-11-10-19(15-23(20)30-21)7-5-9-24(34)31-25/h5,7,10-13,15-18,22,25,32H,6,8-9,14H2,1-4H3,(H,29,35)(H,31,34)/b7-5+/t17-,18+,22?,25?/m0/s1. The summed E-state index contributed by atoms with van der Waals surface area (Å²) in [6.07, 6.45) is 4.16. The molecule has 2 unspecified atom stereocenters. The van der Waals surface area contributed by atoms with E-state index in [1.54, 1.807) is 19.9 Å². The summed E-state index contributed by atoms with van der Waals surface area (Å²) >= 11 is 0. The molecule has 3 N–H and O–H groups in total. The van der Waals surface area contributed by atoms with Crippen molar-refractivity contribution in [3.05, 3.63) is 47.7 Å². The number of hydrazine groups is 1. The van der Waals surface area contributed by atoms with E-state index in [1.807, 2.05) is 50.3 Å². The number of carbonyl (C=O) groups is 4. The number of hydrogen-bond donors (Lipinski definition) is 3. The van der Waals surface area contributed by atoms with Crippen LogP contribution in [0.2, 0.25) is 0 Å². The minimum Gasteiger partial charge on any atom is -0.455 e. The smallest absolute Gasteiger partial charge is 0.325 e. The highest BCUT2D eigenvalue weighted by atomic mass is 16.5.